The second-order valence-electron chi connectivity index (χ2n) is 3.19. The van der Waals surface area contributed by atoms with Gasteiger partial charge in [-0.05, 0) is 12.1 Å². The van der Waals surface area contributed by atoms with Gasteiger partial charge in [0.2, 0.25) is 5.91 Å². The summed E-state index contributed by atoms with van der Waals surface area (Å²) in [5.41, 5.74) is 6.44. The second-order valence-corrected chi connectivity index (χ2v) is 5.22. The summed E-state index contributed by atoms with van der Waals surface area (Å²) in [5.74, 6) is -0.102. The van der Waals surface area contributed by atoms with Crippen molar-refractivity contribution in [1.29, 1.82) is 0 Å². The number of carbonyl (C=O) groups excluding carboxylic acids is 1. The van der Waals surface area contributed by atoms with Gasteiger partial charge in [-0.15, -0.1) is 22.7 Å². The lowest BCUT2D eigenvalue weighted by molar-refractivity contribution is -0.114. The number of aromatic nitrogens is 1. The summed E-state index contributed by atoms with van der Waals surface area (Å²) >= 11 is 3.05. The smallest absolute Gasteiger partial charge is 0.223 e. The fraction of sp³-hybridized carbons (Fsp3) is 0.200. The summed E-state index contributed by atoms with van der Waals surface area (Å²) in [6, 6.07) is 4.00. The van der Waals surface area contributed by atoms with Gasteiger partial charge in [0, 0.05) is 23.7 Å². The van der Waals surface area contributed by atoms with E-state index in [1.165, 1.54) is 18.3 Å². The third-order valence-electron chi connectivity index (χ3n) is 1.90. The van der Waals surface area contributed by atoms with E-state index in [-0.39, 0.29) is 5.91 Å². The Labute approximate surface area is 101 Å². The average molecular weight is 253 g/mol. The number of thiazole rings is 1. The molecule has 0 bridgehead atoms. The van der Waals surface area contributed by atoms with Crippen molar-refractivity contribution < 1.29 is 4.79 Å². The second kappa shape index (κ2) is 4.73. The molecule has 0 aromatic carbocycles. The van der Waals surface area contributed by atoms with Crippen molar-refractivity contribution in [2.24, 2.45) is 5.73 Å². The Kier molecular flexibility index (Phi) is 3.33. The van der Waals surface area contributed by atoms with Crippen molar-refractivity contribution in [1.82, 2.24) is 4.98 Å². The zero-order valence-electron chi connectivity index (χ0n) is 8.69. The Hall–Kier alpha value is -1.24. The number of hydrogen-bond donors (Lipinski definition) is 2. The van der Waals surface area contributed by atoms with Gasteiger partial charge in [0.25, 0.3) is 0 Å². The lowest BCUT2D eigenvalue weighted by Crippen LogP contribution is -2.04. The Morgan fingerprint density at radius 2 is 2.38 bits per heavy atom. The molecule has 2 aromatic rings. The van der Waals surface area contributed by atoms with E-state index >= 15 is 0 Å². The van der Waals surface area contributed by atoms with Gasteiger partial charge in [-0.3, -0.25) is 4.79 Å². The van der Waals surface area contributed by atoms with Crippen LogP contribution in [0.1, 0.15) is 11.8 Å². The molecule has 3 N–H and O–H groups in total. The molecule has 0 fully saturated rings. The van der Waals surface area contributed by atoms with Gasteiger partial charge in [0.15, 0.2) is 5.13 Å². The summed E-state index contributed by atoms with van der Waals surface area (Å²) in [6.45, 7) is 2.02. The van der Waals surface area contributed by atoms with Crippen LogP contribution in [0.2, 0.25) is 0 Å². The highest BCUT2D eigenvalue weighted by Crippen LogP contribution is 2.30. The summed E-state index contributed by atoms with van der Waals surface area (Å²) in [5, 5.41) is 5.22. The Morgan fingerprint density at radius 1 is 1.56 bits per heavy atom. The lowest BCUT2D eigenvalue weighted by Gasteiger charge is -1.93. The monoisotopic (exact) mass is 253 g/mol. The van der Waals surface area contributed by atoms with Gasteiger partial charge in [-0.25, -0.2) is 4.98 Å². The van der Waals surface area contributed by atoms with Gasteiger partial charge in [-0.1, -0.05) is 0 Å². The number of rotatable bonds is 3. The third-order valence-corrected chi connectivity index (χ3v) is 3.79. The summed E-state index contributed by atoms with van der Waals surface area (Å²) < 4.78 is 0. The van der Waals surface area contributed by atoms with Gasteiger partial charge in [-0.2, -0.15) is 0 Å². The molecule has 0 aliphatic heterocycles. The minimum Gasteiger partial charge on any atom is -0.326 e. The molecule has 0 aliphatic rings. The van der Waals surface area contributed by atoms with E-state index in [0.717, 1.165) is 15.4 Å². The van der Waals surface area contributed by atoms with Crippen molar-refractivity contribution in [2.45, 2.75) is 13.5 Å². The SMILES string of the molecule is CC(=O)Nc1nc(-c2ccc(CN)s2)cs1. The molecular formula is C10H11N3OS2. The first kappa shape index (κ1) is 11.3. The van der Waals surface area contributed by atoms with Crippen LogP contribution in [0.4, 0.5) is 5.13 Å². The number of amides is 1. The van der Waals surface area contributed by atoms with Gasteiger partial charge >= 0.3 is 0 Å². The molecule has 0 unspecified atom stereocenters. The maximum absolute atomic E-state index is 10.9. The van der Waals surface area contributed by atoms with E-state index in [1.807, 2.05) is 17.5 Å². The first-order valence-corrected chi connectivity index (χ1v) is 6.41. The maximum Gasteiger partial charge on any atom is 0.223 e. The van der Waals surface area contributed by atoms with Crippen molar-refractivity contribution in [3.05, 3.63) is 22.4 Å². The van der Waals surface area contributed by atoms with Crippen LogP contribution in [0, 0.1) is 0 Å². The van der Waals surface area contributed by atoms with E-state index in [9.17, 15) is 4.79 Å². The van der Waals surface area contributed by atoms with Crippen molar-refractivity contribution >= 4 is 33.7 Å². The highest BCUT2D eigenvalue weighted by Gasteiger charge is 2.07. The van der Waals surface area contributed by atoms with Crippen molar-refractivity contribution in [3.63, 3.8) is 0 Å². The Balaban J connectivity index is 2.20. The molecule has 0 saturated heterocycles. The highest BCUT2D eigenvalue weighted by molar-refractivity contribution is 7.17. The van der Waals surface area contributed by atoms with Gasteiger partial charge < -0.3 is 11.1 Å². The first-order chi connectivity index (χ1) is 7.69. The molecule has 0 radical (unpaired) electrons. The lowest BCUT2D eigenvalue weighted by atomic mass is 10.4. The van der Waals surface area contributed by atoms with Crippen LogP contribution in [-0.4, -0.2) is 10.9 Å². The number of nitrogens with one attached hydrogen (secondary N) is 1. The normalized spacial score (nSPS) is 10.4. The number of nitrogens with zero attached hydrogens (tertiary/aromatic N) is 1. The van der Waals surface area contributed by atoms with Crippen molar-refractivity contribution in [2.75, 3.05) is 5.32 Å². The fourth-order valence-electron chi connectivity index (χ4n) is 1.22. The largest absolute Gasteiger partial charge is 0.326 e. The number of nitrogens with two attached hydrogens (primary N) is 1. The topological polar surface area (TPSA) is 68.0 Å². The zero-order valence-corrected chi connectivity index (χ0v) is 10.3. The van der Waals surface area contributed by atoms with Crippen LogP contribution in [0.25, 0.3) is 10.6 Å². The molecule has 16 heavy (non-hydrogen) atoms. The number of anilines is 1. The van der Waals surface area contributed by atoms with Crippen LogP contribution in [0.15, 0.2) is 17.5 Å². The molecular weight excluding hydrogens is 242 g/mol. The molecule has 2 aromatic heterocycles. The Morgan fingerprint density at radius 3 is 3.00 bits per heavy atom. The number of hydrogen-bond acceptors (Lipinski definition) is 5. The van der Waals surface area contributed by atoms with Crippen LogP contribution in [0.3, 0.4) is 0 Å². The summed E-state index contributed by atoms with van der Waals surface area (Å²) in [4.78, 5) is 17.4. The van der Waals surface area contributed by atoms with Gasteiger partial charge in [0.1, 0.15) is 0 Å². The summed E-state index contributed by atoms with van der Waals surface area (Å²) in [7, 11) is 0. The Bertz CT molecular complexity index is 504. The van der Waals surface area contributed by atoms with E-state index < -0.39 is 0 Å². The predicted molar refractivity (Wildman–Crippen MR) is 67.6 cm³/mol. The molecule has 6 heteroatoms. The molecule has 4 nitrogen and oxygen atoms in total. The summed E-state index contributed by atoms with van der Waals surface area (Å²) in [6.07, 6.45) is 0. The van der Waals surface area contributed by atoms with Crippen LogP contribution >= 0.6 is 22.7 Å². The van der Waals surface area contributed by atoms with Crippen LogP contribution in [-0.2, 0) is 11.3 Å². The quantitative estimate of drug-likeness (QED) is 0.881. The van der Waals surface area contributed by atoms with E-state index in [1.54, 1.807) is 11.3 Å². The van der Waals surface area contributed by atoms with Crippen LogP contribution < -0.4 is 11.1 Å². The van der Waals surface area contributed by atoms with Gasteiger partial charge in [0.05, 0.1) is 10.6 Å². The predicted octanol–water partition coefficient (Wildman–Crippen LogP) is 2.29. The number of carbonyl (C=O) groups is 1. The molecule has 2 heterocycles. The number of thiophene rings is 1. The molecule has 0 atom stereocenters. The molecule has 1 amide bonds. The zero-order chi connectivity index (χ0) is 11.5. The molecule has 2 rings (SSSR count). The van der Waals surface area contributed by atoms with Crippen LogP contribution in [0.5, 0.6) is 0 Å². The maximum atomic E-state index is 10.9. The van der Waals surface area contributed by atoms with E-state index in [4.69, 9.17) is 5.73 Å². The minimum atomic E-state index is -0.102. The minimum absolute atomic E-state index is 0.102. The third kappa shape index (κ3) is 2.46. The average Bonchev–Trinajstić information content (AvgIpc) is 2.83. The first-order valence-electron chi connectivity index (χ1n) is 4.71. The molecule has 0 aliphatic carbocycles. The van der Waals surface area contributed by atoms with Crippen molar-refractivity contribution in [3.8, 4) is 10.6 Å². The fourth-order valence-corrected chi connectivity index (χ4v) is 2.90. The highest BCUT2D eigenvalue weighted by atomic mass is 32.1. The van der Waals surface area contributed by atoms with E-state index in [0.29, 0.717) is 11.7 Å². The van der Waals surface area contributed by atoms with E-state index in [2.05, 4.69) is 10.3 Å². The standard InChI is InChI=1S/C10H11N3OS2/c1-6(14)12-10-13-8(5-15-10)9-3-2-7(4-11)16-9/h2-3,5H,4,11H2,1H3,(H,12,13,14). The molecule has 0 saturated carbocycles. The molecule has 0 spiro atoms. The molecule has 84 valence electrons.